The standard InChI is InChI=1S/C13H24/c1-6-9(2)13-7-10(3)12(5)11(4)8-13/h7,9-12H,6,8H2,1-5H3. The van der Waals surface area contributed by atoms with Gasteiger partial charge < -0.3 is 0 Å². The Labute approximate surface area is 83.4 Å². The molecule has 0 N–H and O–H groups in total. The van der Waals surface area contributed by atoms with E-state index in [9.17, 15) is 0 Å². The van der Waals surface area contributed by atoms with Crippen molar-refractivity contribution in [2.75, 3.05) is 0 Å². The number of allylic oxidation sites excluding steroid dienone is 2. The highest BCUT2D eigenvalue weighted by Crippen LogP contribution is 2.36. The molecule has 0 radical (unpaired) electrons. The zero-order chi connectivity index (χ0) is 10.0. The number of hydrogen-bond acceptors (Lipinski definition) is 0. The second kappa shape index (κ2) is 4.30. The summed E-state index contributed by atoms with van der Waals surface area (Å²) in [4.78, 5) is 0. The Morgan fingerprint density at radius 3 is 2.46 bits per heavy atom. The molecule has 0 bridgehead atoms. The summed E-state index contributed by atoms with van der Waals surface area (Å²) in [6.07, 6.45) is 5.15. The zero-order valence-electron chi connectivity index (χ0n) is 9.80. The molecular formula is C13H24. The van der Waals surface area contributed by atoms with Gasteiger partial charge in [0.2, 0.25) is 0 Å². The molecular weight excluding hydrogens is 156 g/mol. The Bertz CT molecular complexity index is 190. The highest BCUT2D eigenvalue weighted by Gasteiger charge is 2.25. The second-order valence-corrected chi connectivity index (χ2v) is 4.95. The third-order valence-corrected chi connectivity index (χ3v) is 4.01. The predicted molar refractivity (Wildman–Crippen MR) is 59.6 cm³/mol. The summed E-state index contributed by atoms with van der Waals surface area (Å²) >= 11 is 0. The minimum atomic E-state index is 0.785. The highest BCUT2D eigenvalue weighted by atomic mass is 14.3. The van der Waals surface area contributed by atoms with Crippen molar-refractivity contribution in [1.82, 2.24) is 0 Å². The van der Waals surface area contributed by atoms with E-state index in [2.05, 4.69) is 40.7 Å². The molecule has 0 aromatic carbocycles. The summed E-state index contributed by atoms with van der Waals surface area (Å²) in [5, 5.41) is 0. The van der Waals surface area contributed by atoms with Crippen LogP contribution in [0.2, 0.25) is 0 Å². The van der Waals surface area contributed by atoms with E-state index in [1.54, 1.807) is 5.57 Å². The fourth-order valence-electron chi connectivity index (χ4n) is 2.26. The first-order valence-corrected chi connectivity index (χ1v) is 5.76. The van der Waals surface area contributed by atoms with Gasteiger partial charge in [-0.2, -0.15) is 0 Å². The van der Waals surface area contributed by atoms with Crippen LogP contribution in [0, 0.1) is 23.7 Å². The summed E-state index contributed by atoms with van der Waals surface area (Å²) in [5.74, 6) is 3.34. The summed E-state index contributed by atoms with van der Waals surface area (Å²) in [7, 11) is 0. The largest absolute Gasteiger partial charge is 0.0819 e. The van der Waals surface area contributed by atoms with Gasteiger partial charge in [0.05, 0.1) is 0 Å². The average Bonchev–Trinajstić information content (AvgIpc) is 2.12. The van der Waals surface area contributed by atoms with E-state index in [-0.39, 0.29) is 0 Å². The zero-order valence-corrected chi connectivity index (χ0v) is 9.80. The molecule has 76 valence electrons. The molecule has 0 nitrogen and oxygen atoms in total. The van der Waals surface area contributed by atoms with Gasteiger partial charge in [-0.05, 0) is 36.5 Å². The lowest BCUT2D eigenvalue weighted by molar-refractivity contribution is 0.286. The maximum atomic E-state index is 2.53. The van der Waals surface area contributed by atoms with Gasteiger partial charge in [0.1, 0.15) is 0 Å². The van der Waals surface area contributed by atoms with Gasteiger partial charge >= 0.3 is 0 Å². The second-order valence-electron chi connectivity index (χ2n) is 4.95. The fraction of sp³-hybridized carbons (Fsp3) is 0.846. The van der Waals surface area contributed by atoms with Crippen LogP contribution < -0.4 is 0 Å². The van der Waals surface area contributed by atoms with Crippen molar-refractivity contribution in [2.24, 2.45) is 23.7 Å². The van der Waals surface area contributed by atoms with Gasteiger partial charge in [0.15, 0.2) is 0 Å². The first-order chi connectivity index (χ1) is 6.06. The third-order valence-electron chi connectivity index (χ3n) is 4.01. The lowest BCUT2D eigenvalue weighted by Crippen LogP contribution is -2.22. The van der Waals surface area contributed by atoms with E-state index in [0.717, 1.165) is 23.7 Å². The molecule has 1 aliphatic carbocycles. The predicted octanol–water partition coefficient (Wildman–Crippen LogP) is 4.27. The highest BCUT2D eigenvalue weighted by molar-refractivity contribution is 5.12. The van der Waals surface area contributed by atoms with Gasteiger partial charge in [-0.3, -0.25) is 0 Å². The summed E-state index contributed by atoms with van der Waals surface area (Å²) in [6, 6.07) is 0. The van der Waals surface area contributed by atoms with Gasteiger partial charge in [0, 0.05) is 0 Å². The van der Waals surface area contributed by atoms with Crippen LogP contribution in [0.4, 0.5) is 0 Å². The van der Waals surface area contributed by atoms with Gasteiger partial charge in [-0.25, -0.2) is 0 Å². The van der Waals surface area contributed by atoms with Gasteiger partial charge in [0.25, 0.3) is 0 Å². The van der Waals surface area contributed by atoms with Gasteiger partial charge in [-0.1, -0.05) is 46.3 Å². The number of rotatable bonds is 2. The molecule has 0 saturated heterocycles. The molecule has 1 aliphatic rings. The van der Waals surface area contributed by atoms with Crippen molar-refractivity contribution >= 4 is 0 Å². The van der Waals surface area contributed by atoms with Crippen LogP contribution in [0.3, 0.4) is 0 Å². The average molecular weight is 180 g/mol. The Kier molecular flexibility index (Phi) is 3.58. The van der Waals surface area contributed by atoms with Crippen LogP contribution in [-0.2, 0) is 0 Å². The van der Waals surface area contributed by atoms with Crippen LogP contribution in [0.15, 0.2) is 11.6 Å². The van der Waals surface area contributed by atoms with Crippen molar-refractivity contribution in [2.45, 2.75) is 47.5 Å². The van der Waals surface area contributed by atoms with E-state index >= 15 is 0 Å². The van der Waals surface area contributed by atoms with Crippen LogP contribution in [0.1, 0.15) is 47.5 Å². The molecule has 4 atom stereocenters. The molecule has 0 saturated carbocycles. The minimum Gasteiger partial charge on any atom is -0.0819 e. The molecule has 0 aliphatic heterocycles. The summed E-state index contributed by atoms with van der Waals surface area (Å²) in [5.41, 5.74) is 1.71. The quantitative estimate of drug-likeness (QED) is 0.557. The molecule has 0 heterocycles. The summed E-state index contributed by atoms with van der Waals surface area (Å²) in [6.45, 7) is 11.8. The Balaban J connectivity index is 2.72. The summed E-state index contributed by atoms with van der Waals surface area (Å²) < 4.78 is 0. The van der Waals surface area contributed by atoms with Gasteiger partial charge in [-0.15, -0.1) is 0 Å². The van der Waals surface area contributed by atoms with E-state index < -0.39 is 0 Å². The Hall–Kier alpha value is -0.260. The maximum Gasteiger partial charge on any atom is -0.0231 e. The molecule has 0 heteroatoms. The molecule has 13 heavy (non-hydrogen) atoms. The maximum absolute atomic E-state index is 2.53. The van der Waals surface area contributed by atoms with Crippen LogP contribution >= 0.6 is 0 Å². The molecule has 1 rings (SSSR count). The topological polar surface area (TPSA) is 0 Å². The Morgan fingerprint density at radius 1 is 1.38 bits per heavy atom. The third kappa shape index (κ3) is 2.36. The lowest BCUT2D eigenvalue weighted by Gasteiger charge is -2.33. The molecule has 4 unspecified atom stereocenters. The molecule has 0 spiro atoms. The molecule has 0 amide bonds. The number of hydrogen-bond donors (Lipinski definition) is 0. The first kappa shape index (κ1) is 10.8. The van der Waals surface area contributed by atoms with E-state index in [1.807, 2.05) is 0 Å². The molecule has 0 aromatic rings. The first-order valence-electron chi connectivity index (χ1n) is 5.76. The fourth-order valence-corrected chi connectivity index (χ4v) is 2.26. The Morgan fingerprint density at radius 2 is 2.00 bits per heavy atom. The monoisotopic (exact) mass is 180 g/mol. The SMILES string of the molecule is CCC(C)C1=CC(C)C(C)C(C)C1. The van der Waals surface area contributed by atoms with Crippen molar-refractivity contribution < 1.29 is 0 Å². The van der Waals surface area contributed by atoms with Crippen LogP contribution in [0.25, 0.3) is 0 Å². The minimum absolute atomic E-state index is 0.785. The van der Waals surface area contributed by atoms with Crippen molar-refractivity contribution in [3.05, 3.63) is 11.6 Å². The van der Waals surface area contributed by atoms with E-state index in [1.165, 1.54) is 12.8 Å². The smallest absolute Gasteiger partial charge is 0.0231 e. The van der Waals surface area contributed by atoms with Crippen LogP contribution in [-0.4, -0.2) is 0 Å². The molecule has 0 fully saturated rings. The molecule has 0 aromatic heterocycles. The van der Waals surface area contributed by atoms with E-state index in [0.29, 0.717) is 0 Å². The normalized spacial score (nSPS) is 37.0. The van der Waals surface area contributed by atoms with Crippen molar-refractivity contribution in [1.29, 1.82) is 0 Å². The van der Waals surface area contributed by atoms with E-state index in [4.69, 9.17) is 0 Å². The lowest BCUT2D eigenvalue weighted by atomic mass is 9.73. The van der Waals surface area contributed by atoms with Crippen molar-refractivity contribution in [3.8, 4) is 0 Å². The van der Waals surface area contributed by atoms with Crippen molar-refractivity contribution in [3.63, 3.8) is 0 Å². The van der Waals surface area contributed by atoms with Crippen LogP contribution in [0.5, 0.6) is 0 Å².